The van der Waals surface area contributed by atoms with Gasteiger partial charge in [0.05, 0.1) is 11.9 Å². The average molecular weight is 334 g/mol. The van der Waals surface area contributed by atoms with Crippen LogP contribution in [0.25, 0.3) is 16.8 Å². The molecule has 0 unspecified atom stereocenters. The molecule has 3 rings (SSSR count). The van der Waals surface area contributed by atoms with Crippen LogP contribution in [0.4, 0.5) is 0 Å². The number of nitrogens with zero attached hydrogens (tertiary/aromatic N) is 2. The van der Waals surface area contributed by atoms with Crippen LogP contribution in [0.1, 0.15) is 0 Å². The second-order valence-corrected chi connectivity index (χ2v) is 5.46. The van der Waals surface area contributed by atoms with E-state index in [0.29, 0.717) is 0 Å². The molecule has 0 bridgehead atoms. The van der Waals surface area contributed by atoms with Crippen LogP contribution in [0, 0.1) is 0 Å². The highest BCUT2D eigenvalue weighted by atomic mass is 79.9. The van der Waals surface area contributed by atoms with Gasteiger partial charge in [-0.3, -0.25) is 0 Å². The summed E-state index contributed by atoms with van der Waals surface area (Å²) in [7, 11) is 0. The van der Waals surface area contributed by atoms with Crippen LogP contribution in [0.15, 0.2) is 65.4 Å². The predicted molar refractivity (Wildman–Crippen MR) is 81.7 cm³/mol. The van der Waals surface area contributed by atoms with Crippen molar-refractivity contribution in [1.82, 2.24) is 9.78 Å². The molecule has 0 aliphatic carbocycles. The fourth-order valence-corrected chi connectivity index (χ4v) is 2.55. The van der Waals surface area contributed by atoms with E-state index in [9.17, 15) is 0 Å². The van der Waals surface area contributed by atoms with Crippen molar-refractivity contribution in [3.05, 3.63) is 70.4 Å². The second kappa shape index (κ2) is 5.19. The number of rotatable bonds is 2. The quantitative estimate of drug-likeness (QED) is 0.648. The van der Waals surface area contributed by atoms with Crippen molar-refractivity contribution < 1.29 is 0 Å². The molecule has 0 atom stereocenters. The summed E-state index contributed by atoms with van der Waals surface area (Å²) in [5.74, 6) is 0. The lowest BCUT2D eigenvalue weighted by molar-refractivity contribution is 0.880. The zero-order chi connectivity index (χ0) is 13.2. The maximum absolute atomic E-state index is 6.19. The Morgan fingerprint density at radius 3 is 2.68 bits per heavy atom. The van der Waals surface area contributed by atoms with Crippen LogP contribution >= 0.6 is 27.5 Å². The first kappa shape index (κ1) is 12.5. The average Bonchev–Trinajstić information content (AvgIpc) is 2.89. The molecule has 0 spiro atoms. The summed E-state index contributed by atoms with van der Waals surface area (Å²) in [6.07, 6.45) is 3.80. The molecule has 94 valence electrons. The van der Waals surface area contributed by atoms with Crippen molar-refractivity contribution >= 4 is 27.5 Å². The molecule has 0 radical (unpaired) electrons. The fourth-order valence-electron chi connectivity index (χ4n) is 1.92. The van der Waals surface area contributed by atoms with Crippen LogP contribution in [0.2, 0.25) is 5.02 Å². The lowest BCUT2D eigenvalue weighted by Gasteiger charge is -2.02. The Morgan fingerprint density at radius 1 is 1.05 bits per heavy atom. The Kier molecular flexibility index (Phi) is 3.40. The van der Waals surface area contributed by atoms with Crippen molar-refractivity contribution in [3.8, 4) is 16.8 Å². The summed E-state index contributed by atoms with van der Waals surface area (Å²) >= 11 is 9.66. The Bertz CT molecular complexity index is 721. The largest absolute Gasteiger partial charge is 0.240 e. The van der Waals surface area contributed by atoms with Crippen molar-refractivity contribution in [2.45, 2.75) is 0 Å². The van der Waals surface area contributed by atoms with Crippen LogP contribution in [0.3, 0.4) is 0 Å². The van der Waals surface area contributed by atoms with E-state index in [1.165, 1.54) is 0 Å². The minimum atomic E-state index is 0.733. The maximum Gasteiger partial charge on any atom is 0.0657 e. The van der Waals surface area contributed by atoms with E-state index in [1.807, 2.05) is 65.6 Å². The summed E-state index contributed by atoms with van der Waals surface area (Å²) in [5, 5.41) is 5.11. The van der Waals surface area contributed by atoms with Crippen molar-refractivity contribution in [1.29, 1.82) is 0 Å². The molecule has 3 aromatic rings. The lowest BCUT2D eigenvalue weighted by Crippen LogP contribution is -1.93. The molecule has 4 heteroatoms. The molecule has 1 aromatic heterocycles. The molecule has 0 aliphatic heterocycles. The van der Waals surface area contributed by atoms with Gasteiger partial charge >= 0.3 is 0 Å². The van der Waals surface area contributed by atoms with Gasteiger partial charge in [-0.2, -0.15) is 5.10 Å². The third-order valence-corrected chi connectivity index (χ3v) is 3.66. The van der Waals surface area contributed by atoms with Crippen LogP contribution in [0.5, 0.6) is 0 Å². The Balaban J connectivity index is 2.03. The zero-order valence-electron chi connectivity index (χ0n) is 9.92. The van der Waals surface area contributed by atoms with E-state index in [2.05, 4.69) is 21.0 Å². The zero-order valence-corrected chi connectivity index (χ0v) is 12.3. The fraction of sp³-hybridized carbons (Fsp3) is 0. The highest BCUT2D eigenvalue weighted by molar-refractivity contribution is 9.10. The van der Waals surface area contributed by atoms with E-state index < -0.39 is 0 Å². The normalized spacial score (nSPS) is 10.6. The van der Waals surface area contributed by atoms with Gasteiger partial charge in [0, 0.05) is 26.8 Å². The minimum Gasteiger partial charge on any atom is -0.240 e. The molecular formula is C15H10BrClN2. The summed E-state index contributed by atoms with van der Waals surface area (Å²) in [4.78, 5) is 0. The summed E-state index contributed by atoms with van der Waals surface area (Å²) in [6, 6.07) is 15.8. The number of hydrogen-bond donors (Lipinski definition) is 0. The van der Waals surface area contributed by atoms with E-state index in [-0.39, 0.29) is 0 Å². The molecule has 0 fully saturated rings. The molecule has 1 heterocycles. The molecule has 0 aliphatic rings. The van der Waals surface area contributed by atoms with Gasteiger partial charge in [0.2, 0.25) is 0 Å². The standard InChI is InChI=1S/C15H10BrClN2/c16-12-4-3-5-13(8-12)19-10-11(9-18-19)14-6-1-2-7-15(14)17/h1-10H. The molecule has 0 N–H and O–H groups in total. The van der Waals surface area contributed by atoms with Crippen LogP contribution in [-0.2, 0) is 0 Å². The molecule has 0 saturated heterocycles. The van der Waals surface area contributed by atoms with Crippen LogP contribution in [-0.4, -0.2) is 9.78 Å². The molecule has 0 amide bonds. The first-order valence-corrected chi connectivity index (χ1v) is 6.96. The number of halogens is 2. The topological polar surface area (TPSA) is 17.8 Å². The maximum atomic E-state index is 6.19. The summed E-state index contributed by atoms with van der Waals surface area (Å²) in [5.41, 5.74) is 3.00. The predicted octanol–water partition coefficient (Wildman–Crippen LogP) is 4.96. The number of benzene rings is 2. The molecule has 2 nitrogen and oxygen atoms in total. The molecular weight excluding hydrogens is 324 g/mol. The van der Waals surface area contributed by atoms with Crippen molar-refractivity contribution in [2.24, 2.45) is 0 Å². The van der Waals surface area contributed by atoms with E-state index >= 15 is 0 Å². The second-order valence-electron chi connectivity index (χ2n) is 4.13. The van der Waals surface area contributed by atoms with E-state index in [0.717, 1.165) is 26.3 Å². The first-order chi connectivity index (χ1) is 9.24. The minimum absolute atomic E-state index is 0.733. The van der Waals surface area contributed by atoms with Crippen molar-refractivity contribution in [2.75, 3.05) is 0 Å². The van der Waals surface area contributed by atoms with Crippen LogP contribution < -0.4 is 0 Å². The third-order valence-electron chi connectivity index (χ3n) is 2.84. The molecule has 0 saturated carbocycles. The highest BCUT2D eigenvalue weighted by Crippen LogP contribution is 2.27. The highest BCUT2D eigenvalue weighted by Gasteiger charge is 2.06. The van der Waals surface area contributed by atoms with Gasteiger partial charge in [0.1, 0.15) is 0 Å². The Morgan fingerprint density at radius 2 is 1.89 bits per heavy atom. The monoisotopic (exact) mass is 332 g/mol. The first-order valence-electron chi connectivity index (χ1n) is 5.79. The van der Waals surface area contributed by atoms with E-state index in [4.69, 9.17) is 11.6 Å². The van der Waals surface area contributed by atoms with Gasteiger partial charge in [0.15, 0.2) is 0 Å². The van der Waals surface area contributed by atoms with Gasteiger partial charge in [-0.1, -0.05) is 51.8 Å². The third kappa shape index (κ3) is 2.57. The Labute approximate surface area is 124 Å². The lowest BCUT2D eigenvalue weighted by atomic mass is 10.1. The van der Waals surface area contributed by atoms with Gasteiger partial charge in [-0.25, -0.2) is 4.68 Å². The number of aromatic nitrogens is 2. The van der Waals surface area contributed by atoms with Gasteiger partial charge in [-0.05, 0) is 24.3 Å². The summed E-state index contributed by atoms with van der Waals surface area (Å²) < 4.78 is 2.86. The molecule has 2 aromatic carbocycles. The van der Waals surface area contributed by atoms with Gasteiger partial charge in [-0.15, -0.1) is 0 Å². The van der Waals surface area contributed by atoms with E-state index in [1.54, 1.807) is 0 Å². The SMILES string of the molecule is Clc1ccccc1-c1cnn(-c2cccc(Br)c2)c1. The smallest absolute Gasteiger partial charge is 0.0657 e. The van der Waals surface area contributed by atoms with Crippen molar-refractivity contribution in [3.63, 3.8) is 0 Å². The Hall–Kier alpha value is -1.58. The van der Waals surface area contributed by atoms with Gasteiger partial charge in [0.25, 0.3) is 0 Å². The van der Waals surface area contributed by atoms with Gasteiger partial charge < -0.3 is 0 Å². The molecule has 19 heavy (non-hydrogen) atoms. The summed E-state index contributed by atoms with van der Waals surface area (Å²) in [6.45, 7) is 0. The number of hydrogen-bond acceptors (Lipinski definition) is 1.